The highest BCUT2D eigenvalue weighted by molar-refractivity contribution is 6.31. The first-order valence-corrected chi connectivity index (χ1v) is 8.39. The monoisotopic (exact) mass is 322 g/mol. The summed E-state index contributed by atoms with van der Waals surface area (Å²) in [5, 5.41) is 13.9. The van der Waals surface area contributed by atoms with Gasteiger partial charge in [0.1, 0.15) is 0 Å². The SMILES string of the molecule is Cc1c(Cl)cccc1NC(=O)N1CCC[C@]2(CCC[C@H]2O)C1. The lowest BCUT2D eigenvalue weighted by Gasteiger charge is -2.42. The minimum atomic E-state index is -0.268. The topological polar surface area (TPSA) is 52.6 Å². The van der Waals surface area contributed by atoms with Crippen LogP contribution in [0.1, 0.15) is 37.7 Å². The van der Waals surface area contributed by atoms with E-state index in [4.69, 9.17) is 11.6 Å². The zero-order valence-electron chi connectivity index (χ0n) is 12.9. The summed E-state index contributed by atoms with van der Waals surface area (Å²) in [6, 6.07) is 5.42. The second-order valence-corrected chi connectivity index (χ2v) is 7.05. The smallest absolute Gasteiger partial charge is 0.321 e. The van der Waals surface area contributed by atoms with Crippen LogP contribution in [0.5, 0.6) is 0 Å². The Morgan fingerprint density at radius 1 is 1.41 bits per heavy atom. The van der Waals surface area contributed by atoms with Crippen molar-refractivity contribution in [2.24, 2.45) is 5.41 Å². The van der Waals surface area contributed by atoms with Gasteiger partial charge in [-0.25, -0.2) is 4.79 Å². The predicted molar refractivity (Wildman–Crippen MR) is 88.3 cm³/mol. The molecule has 1 saturated carbocycles. The lowest BCUT2D eigenvalue weighted by atomic mass is 9.77. The van der Waals surface area contributed by atoms with E-state index < -0.39 is 0 Å². The van der Waals surface area contributed by atoms with Gasteiger partial charge in [-0.3, -0.25) is 0 Å². The first kappa shape index (κ1) is 15.6. The Morgan fingerprint density at radius 3 is 2.91 bits per heavy atom. The molecule has 1 aromatic carbocycles. The van der Waals surface area contributed by atoms with E-state index in [2.05, 4.69) is 5.32 Å². The molecule has 5 heteroatoms. The Morgan fingerprint density at radius 2 is 2.18 bits per heavy atom. The van der Waals surface area contributed by atoms with E-state index >= 15 is 0 Å². The molecule has 0 bridgehead atoms. The molecule has 2 amide bonds. The van der Waals surface area contributed by atoms with Crippen LogP contribution < -0.4 is 5.32 Å². The molecule has 1 aliphatic carbocycles. The molecule has 1 saturated heterocycles. The van der Waals surface area contributed by atoms with Crippen LogP contribution in [0.4, 0.5) is 10.5 Å². The summed E-state index contributed by atoms with van der Waals surface area (Å²) in [5.41, 5.74) is 1.55. The van der Waals surface area contributed by atoms with Crippen LogP contribution in [0.3, 0.4) is 0 Å². The number of rotatable bonds is 1. The van der Waals surface area contributed by atoms with Crippen molar-refractivity contribution in [2.45, 2.75) is 45.1 Å². The third kappa shape index (κ3) is 2.82. The van der Waals surface area contributed by atoms with Crippen LogP contribution in [0.15, 0.2) is 18.2 Å². The average Bonchev–Trinajstić information content (AvgIpc) is 2.84. The number of carbonyl (C=O) groups is 1. The van der Waals surface area contributed by atoms with E-state index in [1.54, 1.807) is 0 Å². The lowest BCUT2D eigenvalue weighted by molar-refractivity contribution is 0.00400. The summed E-state index contributed by atoms with van der Waals surface area (Å²) in [6.45, 7) is 3.30. The van der Waals surface area contributed by atoms with Crippen LogP contribution in [0.2, 0.25) is 5.02 Å². The summed E-state index contributed by atoms with van der Waals surface area (Å²) >= 11 is 6.10. The largest absolute Gasteiger partial charge is 0.392 e. The molecule has 1 aliphatic heterocycles. The molecule has 0 unspecified atom stereocenters. The van der Waals surface area contributed by atoms with Gasteiger partial charge < -0.3 is 15.3 Å². The van der Waals surface area contributed by atoms with E-state index in [1.807, 2.05) is 30.0 Å². The number of nitrogens with one attached hydrogen (secondary N) is 1. The normalized spacial score (nSPS) is 28.1. The standard InChI is InChI=1S/C17H23ClN2O2/c1-12-13(18)5-2-6-14(12)19-16(22)20-10-4-9-17(11-20)8-3-7-15(17)21/h2,5-6,15,21H,3-4,7-11H2,1H3,(H,19,22)/t15-,17-/m1/s1. The van der Waals surface area contributed by atoms with Crippen molar-refractivity contribution >= 4 is 23.3 Å². The second-order valence-electron chi connectivity index (χ2n) is 6.64. The molecule has 4 nitrogen and oxygen atoms in total. The highest BCUT2D eigenvalue weighted by atomic mass is 35.5. The third-order valence-corrected chi connectivity index (χ3v) is 5.67. The number of anilines is 1. The van der Waals surface area contributed by atoms with Crippen molar-refractivity contribution in [2.75, 3.05) is 18.4 Å². The molecular formula is C17H23ClN2O2. The van der Waals surface area contributed by atoms with Gasteiger partial charge in [-0.05, 0) is 50.3 Å². The lowest BCUT2D eigenvalue weighted by Crippen LogP contribution is -2.50. The number of aliphatic hydroxyl groups excluding tert-OH is 1. The summed E-state index contributed by atoms with van der Waals surface area (Å²) in [7, 11) is 0. The molecule has 1 spiro atoms. The van der Waals surface area contributed by atoms with E-state index in [0.717, 1.165) is 49.9 Å². The van der Waals surface area contributed by atoms with Crippen molar-refractivity contribution in [1.82, 2.24) is 4.90 Å². The second kappa shape index (κ2) is 6.09. The van der Waals surface area contributed by atoms with Crippen molar-refractivity contribution in [3.63, 3.8) is 0 Å². The van der Waals surface area contributed by atoms with Gasteiger partial charge in [0, 0.05) is 29.2 Å². The third-order valence-electron chi connectivity index (χ3n) is 5.26. The maximum atomic E-state index is 12.6. The fourth-order valence-electron chi connectivity index (χ4n) is 3.87. The number of nitrogens with zero attached hydrogens (tertiary/aromatic N) is 1. The fourth-order valence-corrected chi connectivity index (χ4v) is 4.04. The number of hydrogen-bond acceptors (Lipinski definition) is 2. The van der Waals surface area contributed by atoms with Crippen molar-refractivity contribution in [1.29, 1.82) is 0 Å². The van der Waals surface area contributed by atoms with E-state index in [1.165, 1.54) is 0 Å². The summed E-state index contributed by atoms with van der Waals surface area (Å²) in [6.07, 6.45) is 4.66. The molecule has 22 heavy (non-hydrogen) atoms. The highest BCUT2D eigenvalue weighted by Gasteiger charge is 2.45. The van der Waals surface area contributed by atoms with Gasteiger partial charge in [0.25, 0.3) is 0 Å². The minimum absolute atomic E-state index is 0.0844. The van der Waals surface area contributed by atoms with Crippen LogP contribution in [0.25, 0.3) is 0 Å². The zero-order chi connectivity index (χ0) is 15.7. The van der Waals surface area contributed by atoms with Gasteiger partial charge in [-0.1, -0.05) is 24.1 Å². The van der Waals surface area contributed by atoms with Gasteiger partial charge in [-0.15, -0.1) is 0 Å². The predicted octanol–water partition coefficient (Wildman–Crippen LogP) is 3.81. The van der Waals surface area contributed by atoms with Crippen molar-refractivity contribution < 1.29 is 9.90 Å². The molecule has 0 radical (unpaired) electrons. The summed E-state index contributed by atoms with van der Waals surface area (Å²) < 4.78 is 0. The Balaban J connectivity index is 1.71. The van der Waals surface area contributed by atoms with Gasteiger partial charge in [0.05, 0.1) is 6.10 Å². The van der Waals surface area contributed by atoms with Gasteiger partial charge in [0.15, 0.2) is 0 Å². The van der Waals surface area contributed by atoms with E-state index in [9.17, 15) is 9.90 Å². The number of carbonyl (C=O) groups excluding carboxylic acids is 1. The number of piperidine rings is 1. The molecule has 120 valence electrons. The number of aliphatic hydroxyl groups is 1. The molecular weight excluding hydrogens is 300 g/mol. The van der Waals surface area contributed by atoms with Crippen molar-refractivity contribution in [3.05, 3.63) is 28.8 Å². The number of halogens is 1. The Labute approximate surface area is 136 Å². The molecule has 2 fully saturated rings. The first-order chi connectivity index (χ1) is 10.5. The average molecular weight is 323 g/mol. The first-order valence-electron chi connectivity index (χ1n) is 8.01. The number of hydrogen-bond donors (Lipinski definition) is 2. The quantitative estimate of drug-likeness (QED) is 0.826. The molecule has 2 atom stereocenters. The Hall–Kier alpha value is -1.26. The van der Waals surface area contributed by atoms with Gasteiger partial charge in [0.2, 0.25) is 0 Å². The van der Waals surface area contributed by atoms with Crippen LogP contribution >= 0.6 is 11.6 Å². The highest BCUT2D eigenvalue weighted by Crippen LogP contribution is 2.45. The number of likely N-dealkylation sites (tertiary alicyclic amines) is 1. The fraction of sp³-hybridized carbons (Fsp3) is 0.588. The van der Waals surface area contributed by atoms with Gasteiger partial charge in [-0.2, -0.15) is 0 Å². The summed E-state index contributed by atoms with van der Waals surface area (Å²) in [4.78, 5) is 14.4. The van der Waals surface area contributed by atoms with Crippen molar-refractivity contribution in [3.8, 4) is 0 Å². The van der Waals surface area contributed by atoms with Crippen LogP contribution in [-0.2, 0) is 0 Å². The van der Waals surface area contributed by atoms with Gasteiger partial charge >= 0.3 is 6.03 Å². The van der Waals surface area contributed by atoms with E-state index in [0.29, 0.717) is 11.6 Å². The molecule has 2 N–H and O–H groups in total. The Bertz CT molecular complexity index is 578. The number of amides is 2. The van der Waals surface area contributed by atoms with E-state index in [-0.39, 0.29) is 17.6 Å². The molecule has 1 heterocycles. The van der Waals surface area contributed by atoms with Crippen LogP contribution in [-0.4, -0.2) is 35.2 Å². The minimum Gasteiger partial charge on any atom is -0.392 e. The maximum absolute atomic E-state index is 12.6. The molecule has 1 aromatic rings. The Kier molecular flexibility index (Phi) is 4.33. The maximum Gasteiger partial charge on any atom is 0.321 e. The number of benzene rings is 1. The molecule has 2 aliphatic rings. The molecule has 3 rings (SSSR count). The zero-order valence-corrected chi connectivity index (χ0v) is 13.7. The number of urea groups is 1. The molecule has 0 aromatic heterocycles. The van der Waals surface area contributed by atoms with Crippen LogP contribution in [0, 0.1) is 12.3 Å². The summed E-state index contributed by atoms with van der Waals surface area (Å²) in [5.74, 6) is 0.